The molecule has 5 aromatic rings. The molecule has 9 nitrogen and oxygen atoms in total. The highest BCUT2D eigenvalue weighted by atomic mass is 19.4. The molecule has 1 aromatic heterocycles. The molecule has 228 valence electrons. The van der Waals surface area contributed by atoms with Gasteiger partial charge in [-0.25, -0.2) is 14.8 Å². The van der Waals surface area contributed by atoms with Crippen molar-refractivity contribution in [2.45, 2.75) is 31.6 Å². The van der Waals surface area contributed by atoms with Crippen molar-refractivity contribution in [3.63, 3.8) is 0 Å². The van der Waals surface area contributed by atoms with Gasteiger partial charge in [0.2, 0.25) is 0 Å². The summed E-state index contributed by atoms with van der Waals surface area (Å²) in [7, 11) is 0. The van der Waals surface area contributed by atoms with Gasteiger partial charge in [0.05, 0.1) is 11.1 Å². The van der Waals surface area contributed by atoms with E-state index in [0.29, 0.717) is 45.4 Å². The topological polar surface area (TPSA) is 120 Å². The fourth-order valence-electron chi connectivity index (χ4n) is 4.57. The van der Waals surface area contributed by atoms with E-state index < -0.39 is 17.8 Å². The van der Waals surface area contributed by atoms with Crippen molar-refractivity contribution in [3.8, 4) is 0 Å². The number of carbonyl (C=O) groups excluding carboxylic acids is 2. The zero-order valence-corrected chi connectivity index (χ0v) is 23.8. The van der Waals surface area contributed by atoms with Crippen molar-refractivity contribution in [1.29, 1.82) is 0 Å². The number of benzene rings is 4. The summed E-state index contributed by atoms with van der Waals surface area (Å²) in [6.45, 7) is 0.785. The molecule has 1 aliphatic carbocycles. The number of alkyl halides is 3. The SMILES string of the molecule is O=C(Nc1ccc(Nc2ncnc3ccc(NC(=O)c4ccc(CNC5CC5)cc4)cc23)cc1)Nc1ccc(C(F)(F)F)cc1. The van der Waals surface area contributed by atoms with Gasteiger partial charge in [-0.05, 0) is 97.3 Å². The molecule has 0 aliphatic heterocycles. The van der Waals surface area contributed by atoms with Crippen LogP contribution in [0.5, 0.6) is 0 Å². The number of anilines is 5. The fraction of sp³-hybridized carbons (Fsp3) is 0.152. The third-order valence-electron chi connectivity index (χ3n) is 7.16. The quantitative estimate of drug-likeness (QED) is 0.117. The van der Waals surface area contributed by atoms with Crippen LogP contribution in [0.2, 0.25) is 0 Å². The van der Waals surface area contributed by atoms with E-state index in [2.05, 4.69) is 36.6 Å². The minimum Gasteiger partial charge on any atom is -0.340 e. The largest absolute Gasteiger partial charge is 0.416 e. The van der Waals surface area contributed by atoms with Crippen molar-refractivity contribution in [2.24, 2.45) is 0 Å². The van der Waals surface area contributed by atoms with Crippen molar-refractivity contribution in [1.82, 2.24) is 15.3 Å². The summed E-state index contributed by atoms with van der Waals surface area (Å²) in [5.74, 6) is 0.289. The molecule has 1 aliphatic rings. The molecule has 0 spiro atoms. The highest BCUT2D eigenvalue weighted by molar-refractivity contribution is 6.06. The Morgan fingerprint density at radius 2 is 1.36 bits per heavy atom. The Morgan fingerprint density at radius 1 is 0.733 bits per heavy atom. The number of nitrogens with one attached hydrogen (secondary N) is 5. The Balaban J connectivity index is 1.07. The lowest BCUT2D eigenvalue weighted by Gasteiger charge is -2.12. The smallest absolute Gasteiger partial charge is 0.340 e. The molecule has 45 heavy (non-hydrogen) atoms. The van der Waals surface area contributed by atoms with E-state index in [0.717, 1.165) is 24.2 Å². The van der Waals surface area contributed by atoms with Crippen LogP contribution in [0.3, 0.4) is 0 Å². The number of amides is 3. The van der Waals surface area contributed by atoms with Crippen LogP contribution in [0.25, 0.3) is 10.9 Å². The van der Waals surface area contributed by atoms with Crippen molar-refractivity contribution in [2.75, 3.05) is 21.3 Å². The second kappa shape index (κ2) is 12.6. The van der Waals surface area contributed by atoms with Gasteiger partial charge < -0.3 is 26.6 Å². The second-order valence-electron chi connectivity index (χ2n) is 10.6. The van der Waals surface area contributed by atoms with Crippen LogP contribution in [-0.2, 0) is 12.7 Å². The Kier molecular flexibility index (Phi) is 8.30. The number of fused-ring (bicyclic) bond motifs is 1. The van der Waals surface area contributed by atoms with Gasteiger partial charge in [0, 0.05) is 46.3 Å². The molecule has 1 saturated carbocycles. The van der Waals surface area contributed by atoms with E-state index >= 15 is 0 Å². The average molecular weight is 612 g/mol. The summed E-state index contributed by atoms with van der Waals surface area (Å²) in [5, 5.41) is 15.5. The van der Waals surface area contributed by atoms with Gasteiger partial charge in [-0.3, -0.25) is 4.79 Å². The number of carbonyl (C=O) groups is 2. The Hall–Kier alpha value is -5.49. The molecule has 0 saturated heterocycles. The van der Waals surface area contributed by atoms with E-state index in [9.17, 15) is 22.8 Å². The Labute approximate surface area is 256 Å². The first-order valence-electron chi connectivity index (χ1n) is 14.2. The summed E-state index contributed by atoms with van der Waals surface area (Å²) >= 11 is 0. The second-order valence-corrected chi connectivity index (χ2v) is 10.6. The predicted octanol–water partition coefficient (Wildman–Crippen LogP) is 7.54. The minimum absolute atomic E-state index is 0.222. The lowest BCUT2D eigenvalue weighted by atomic mass is 10.1. The fourth-order valence-corrected chi connectivity index (χ4v) is 4.57. The minimum atomic E-state index is -4.45. The maximum Gasteiger partial charge on any atom is 0.416 e. The van der Waals surface area contributed by atoms with E-state index in [1.807, 2.05) is 24.3 Å². The first-order chi connectivity index (χ1) is 21.7. The van der Waals surface area contributed by atoms with Crippen LogP contribution in [-0.4, -0.2) is 27.9 Å². The monoisotopic (exact) mass is 611 g/mol. The lowest BCUT2D eigenvalue weighted by molar-refractivity contribution is -0.137. The summed E-state index contributed by atoms with van der Waals surface area (Å²) in [6, 6.07) is 23.9. The van der Waals surface area contributed by atoms with Crippen LogP contribution in [0, 0.1) is 0 Å². The lowest BCUT2D eigenvalue weighted by Crippen LogP contribution is -2.19. The third kappa shape index (κ3) is 7.73. The Bertz CT molecular complexity index is 1820. The number of halogens is 3. The molecule has 1 fully saturated rings. The molecule has 0 radical (unpaired) electrons. The average Bonchev–Trinajstić information content (AvgIpc) is 3.86. The highest BCUT2D eigenvalue weighted by Crippen LogP contribution is 2.30. The molecular formula is C33H28F3N7O2. The van der Waals surface area contributed by atoms with Gasteiger partial charge in [-0.2, -0.15) is 13.2 Å². The van der Waals surface area contributed by atoms with Gasteiger partial charge >= 0.3 is 12.2 Å². The van der Waals surface area contributed by atoms with E-state index in [1.165, 1.54) is 31.3 Å². The van der Waals surface area contributed by atoms with Crippen LogP contribution >= 0.6 is 0 Å². The molecule has 12 heteroatoms. The number of rotatable bonds is 9. The number of hydrogen-bond donors (Lipinski definition) is 5. The number of aromatic nitrogens is 2. The van der Waals surface area contributed by atoms with Gasteiger partial charge in [-0.1, -0.05) is 12.1 Å². The van der Waals surface area contributed by atoms with Crippen molar-refractivity contribution >= 4 is 51.4 Å². The van der Waals surface area contributed by atoms with E-state index in [1.54, 1.807) is 42.5 Å². The number of urea groups is 1. The molecule has 0 bridgehead atoms. The molecule has 0 unspecified atom stereocenters. The van der Waals surface area contributed by atoms with Crippen molar-refractivity contribution < 1.29 is 22.8 Å². The normalized spacial score (nSPS) is 12.9. The number of nitrogens with zero attached hydrogens (tertiary/aromatic N) is 2. The molecule has 0 atom stereocenters. The highest BCUT2D eigenvalue weighted by Gasteiger charge is 2.30. The summed E-state index contributed by atoms with van der Waals surface area (Å²) in [6.07, 6.45) is -0.577. The van der Waals surface area contributed by atoms with Gasteiger partial charge in [0.15, 0.2) is 0 Å². The first-order valence-corrected chi connectivity index (χ1v) is 14.2. The zero-order valence-electron chi connectivity index (χ0n) is 23.8. The summed E-state index contributed by atoms with van der Waals surface area (Å²) in [5.41, 5.74) is 3.51. The van der Waals surface area contributed by atoms with Gasteiger partial charge in [-0.15, -0.1) is 0 Å². The third-order valence-corrected chi connectivity index (χ3v) is 7.16. The Morgan fingerprint density at radius 3 is 2.00 bits per heavy atom. The van der Waals surface area contributed by atoms with Crippen molar-refractivity contribution in [3.05, 3.63) is 114 Å². The van der Waals surface area contributed by atoms with Gasteiger partial charge in [0.25, 0.3) is 5.91 Å². The molecule has 6 rings (SSSR count). The van der Waals surface area contributed by atoms with Gasteiger partial charge in [0.1, 0.15) is 12.1 Å². The molecule has 1 heterocycles. The van der Waals surface area contributed by atoms with Crippen LogP contribution in [0.15, 0.2) is 97.3 Å². The molecule has 4 aromatic carbocycles. The maximum absolute atomic E-state index is 12.9. The molecule has 3 amide bonds. The zero-order chi connectivity index (χ0) is 31.4. The molecular weight excluding hydrogens is 583 g/mol. The van der Waals surface area contributed by atoms with Crippen LogP contribution in [0.1, 0.15) is 34.3 Å². The van der Waals surface area contributed by atoms with E-state index in [4.69, 9.17) is 0 Å². The van der Waals surface area contributed by atoms with Crippen LogP contribution < -0.4 is 26.6 Å². The number of hydrogen-bond acceptors (Lipinski definition) is 6. The summed E-state index contributed by atoms with van der Waals surface area (Å²) in [4.78, 5) is 34.0. The molecule has 5 N–H and O–H groups in total. The first kappa shape index (κ1) is 29.6. The predicted molar refractivity (Wildman–Crippen MR) is 168 cm³/mol. The van der Waals surface area contributed by atoms with E-state index in [-0.39, 0.29) is 11.6 Å². The maximum atomic E-state index is 12.9. The standard InChI is InChI=1S/C33H28F3N7O2/c34-33(35,36)22-5-7-25(8-6-22)42-32(45)43-26-13-11-24(12-14-26)40-30-28-17-27(15-16-29(28)38-19-39-30)41-31(44)21-3-1-20(2-4-21)18-37-23-9-10-23/h1-8,11-17,19,23,37H,9-10,18H2,(H,41,44)(H,38,39,40)(H2,42,43,45). The summed E-state index contributed by atoms with van der Waals surface area (Å²) < 4.78 is 38.3. The van der Waals surface area contributed by atoms with Crippen LogP contribution in [0.4, 0.5) is 46.5 Å².